The molecule has 0 saturated heterocycles. The summed E-state index contributed by atoms with van der Waals surface area (Å²) in [4.78, 5) is 11.9. The summed E-state index contributed by atoms with van der Waals surface area (Å²) in [6.45, 7) is 4.45. The second-order valence-electron chi connectivity index (χ2n) is 8.90. The average Bonchev–Trinajstić information content (AvgIpc) is 3.35. The van der Waals surface area contributed by atoms with Crippen LogP contribution in [0.25, 0.3) is 22.3 Å². The number of aliphatic hydroxyl groups is 2. The highest BCUT2D eigenvalue weighted by Gasteiger charge is 2.61. The second kappa shape index (κ2) is 7.85. The highest BCUT2D eigenvalue weighted by Crippen LogP contribution is 2.58. The number of fused-ring (bicyclic) bond motifs is 3. The number of hydrogen-bond donors (Lipinski definition) is 3. The number of rotatable bonds is 6. The van der Waals surface area contributed by atoms with Gasteiger partial charge in [0.25, 0.3) is 0 Å². The zero-order valence-corrected chi connectivity index (χ0v) is 18.7. The number of carbonyl (C=O) groups excluding carboxylic acids is 1. The molecule has 4 rings (SSSR count). The maximum atomic E-state index is 14.3. The maximum absolute atomic E-state index is 14.3. The number of primary amides is 1. The van der Waals surface area contributed by atoms with Crippen molar-refractivity contribution in [2.75, 3.05) is 6.61 Å². The summed E-state index contributed by atoms with van der Waals surface area (Å²) < 4.78 is 49.9. The predicted molar refractivity (Wildman–Crippen MR) is 118 cm³/mol. The molecule has 180 valence electrons. The molecule has 4 N–H and O–H groups in total. The van der Waals surface area contributed by atoms with Crippen molar-refractivity contribution in [3.63, 3.8) is 0 Å². The first-order chi connectivity index (χ1) is 15.8. The number of nitrogens with zero attached hydrogens (tertiary/aromatic N) is 2. The van der Waals surface area contributed by atoms with E-state index in [1.165, 1.54) is 48.3 Å². The quantitative estimate of drug-likeness (QED) is 0.507. The third-order valence-electron chi connectivity index (χ3n) is 6.06. The van der Waals surface area contributed by atoms with Gasteiger partial charge in [0.1, 0.15) is 17.9 Å². The molecule has 1 unspecified atom stereocenters. The molecule has 0 saturated carbocycles. The van der Waals surface area contributed by atoms with Gasteiger partial charge in [-0.2, -0.15) is 18.3 Å². The molecule has 0 radical (unpaired) electrons. The van der Waals surface area contributed by atoms with Crippen LogP contribution in [0.2, 0.25) is 0 Å². The van der Waals surface area contributed by atoms with Crippen LogP contribution >= 0.6 is 0 Å². The Balaban J connectivity index is 2.01. The number of hydrogen-bond acceptors (Lipinski definition) is 5. The lowest BCUT2D eigenvalue weighted by Crippen LogP contribution is -2.41. The number of benzene rings is 2. The Bertz CT molecular complexity index is 1270. The van der Waals surface area contributed by atoms with Crippen LogP contribution in [0, 0.1) is 0 Å². The van der Waals surface area contributed by atoms with E-state index in [0.717, 1.165) is 6.07 Å². The molecule has 0 bridgehead atoms. The van der Waals surface area contributed by atoms with Crippen molar-refractivity contribution in [1.82, 2.24) is 9.78 Å². The Morgan fingerprint density at radius 3 is 2.50 bits per heavy atom. The number of aromatic nitrogens is 2. The second-order valence-corrected chi connectivity index (χ2v) is 8.90. The van der Waals surface area contributed by atoms with E-state index in [4.69, 9.17) is 10.5 Å². The molecule has 34 heavy (non-hydrogen) atoms. The molecule has 2 aromatic carbocycles. The van der Waals surface area contributed by atoms with Crippen molar-refractivity contribution in [2.45, 2.75) is 44.2 Å². The fourth-order valence-corrected chi connectivity index (χ4v) is 4.07. The van der Waals surface area contributed by atoms with Gasteiger partial charge < -0.3 is 20.7 Å². The van der Waals surface area contributed by atoms with Crippen LogP contribution in [-0.2, 0) is 15.9 Å². The molecule has 1 amide bonds. The van der Waals surface area contributed by atoms with Crippen molar-refractivity contribution >= 4 is 5.91 Å². The van der Waals surface area contributed by atoms with E-state index in [-0.39, 0.29) is 34.6 Å². The largest absolute Gasteiger partial charge is 0.491 e. The molecule has 7 nitrogen and oxygen atoms in total. The highest BCUT2D eigenvalue weighted by atomic mass is 19.4. The molecule has 3 aromatic rings. The molecule has 1 aromatic heterocycles. The minimum atomic E-state index is -5.02. The number of aliphatic hydroxyl groups excluding tert-OH is 1. The summed E-state index contributed by atoms with van der Waals surface area (Å²) in [6, 6.07) is 8.44. The van der Waals surface area contributed by atoms with Gasteiger partial charge in [-0.15, -0.1) is 0 Å². The number of alkyl halides is 3. The molecule has 10 heteroatoms. The van der Waals surface area contributed by atoms with E-state index in [1.54, 1.807) is 19.9 Å². The van der Waals surface area contributed by atoms with Crippen LogP contribution in [-0.4, -0.2) is 44.8 Å². The van der Waals surface area contributed by atoms with E-state index in [2.05, 4.69) is 5.10 Å². The average molecular weight is 475 g/mol. The van der Waals surface area contributed by atoms with E-state index in [0.29, 0.717) is 11.1 Å². The third-order valence-corrected chi connectivity index (χ3v) is 6.06. The van der Waals surface area contributed by atoms with E-state index in [1.807, 2.05) is 0 Å². The lowest BCUT2D eigenvalue weighted by molar-refractivity contribution is -0.246. The van der Waals surface area contributed by atoms with E-state index in [9.17, 15) is 28.2 Å². The number of amides is 1. The zero-order valence-electron chi connectivity index (χ0n) is 18.7. The standard InChI is InChI=1S/C24H24F3N3O4/c1-13(31)12-34-15-8-17(14-10-29-30(11-14)22(2,3)21(28)32)20-16-6-4-5-7-18(16)23(33,19(20)9-15)24(25,26)27/h4-11,13,31,33H,12H2,1-3H3,(H2,28,32)/t13?,23-/m1/s1. The van der Waals surface area contributed by atoms with Crippen LogP contribution in [0.15, 0.2) is 48.8 Å². The van der Waals surface area contributed by atoms with Crippen LogP contribution in [0.3, 0.4) is 0 Å². The Labute approximate surface area is 193 Å². The van der Waals surface area contributed by atoms with Gasteiger partial charge in [-0.25, -0.2) is 0 Å². The normalized spacial score (nSPS) is 18.4. The van der Waals surface area contributed by atoms with Crippen molar-refractivity contribution < 1.29 is 32.9 Å². The van der Waals surface area contributed by atoms with Crippen molar-refractivity contribution in [2.24, 2.45) is 5.73 Å². The van der Waals surface area contributed by atoms with Gasteiger partial charge >= 0.3 is 6.18 Å². The molecule has 1 aliphatic carbocycles. The van der Waals surface area contributed by atoms with Crippen LogP contribution in [0.4, 0.5) is 13.2 Å². The first kappa shape index (κ1) is 23.8. The van der Waals surface area contributed by atoms with Gasteiger partial charge in [0.05, 0.1) is 12.3 Å². The van der Waals surface area contributed by atoms with Crippen LogP contribution < -0.4 is 10.5 Å². The minimum Gasteiger partial charge on any atom is -0.491 e. The van der Waals surface area contributed by atoms with Crippen LogP contribution in [0.1, 0.15) is 31.9 Å². The summed E-state index contributed by atoms with van der Waals surface area (Å²) in [5.74, 6) is -0.606. The fourth-order valence-electron chi connectivity index (χ4n) is 4.07. The Morgan fingerprint density at radius 2 is 1.88 bits per heavy atom. The molecule has 0 spiro atoms. The lowest BCUT2D eigenvalue weighted by Gasteiger charge is -2.28. The SMILES string of the molecule is CC(O)COc1cc(-c2cnn(C(C)(C)C(N)=O)c2)c2c(c1)[C@@](O)(C(F)(F)F)c1ccccc1-2. The number of ether oxygens (including phenoxy) is 1. The van der Waals surface area contributed by atoms with Crippen LogP contribution in [0.5, 0.6) is 5.75 Å². The first-order valence-corrected chi connectivity index (χ1v) is 10.5. The van der Waals surface area contributed by atoms with Crippen molar-refractivity contribution in [1.29, 1.82) is 0 Å². The molecule has 0 aliphatic heterocycles. The summed E-state index contributed by atoms with van der Waals surface area (Å²) in [7, 11) is 0. The Kier molecular flexibility index (Phi) is 5.49. The van der Waals surface area contributed by atoms with E-state index < -0.39 is 29.3 Å². The van der Waals surface area contributed by atoms with Gasteiger partial charge in [0, 0.05) is 22.9 Å². The topological polar surface area (TPSA) is 111 Å². The van der Waals surface area contributed by atoms with E-state index >= 15 is 0 Å². The molecule has 0 fully saturated rings. The summed E-state index contributed by atoms with van der Waals surface area (Å²) in [6.07, 6.45) is -2.97. The lowest BCUT2D eigenvalue weighted by atomic mass is 9.89. The summed E-state index contributed by atoms with van der Waals surface area (Å²) in [5.41, 5.74) is 1.45. The first-order valence-electron chi connectivity index (χ1n) is 10.5. The Morgan fingerprint density at radius 1 is 1.21 bits per heavy atom. The molecule has 1 heterocycles. The summed E-state index contributed by atoms with van der Waals surface area (Å²) >= 11 is 0. The smallest absolute Gasteiger partial charge is 0.425 e. The van der Waals surface area contributed by atoms with Crippen molar-refractivity contribution in [3.8, 4) is 28.0 Å². The number of carbonyl (C=O) groups is 1. The van der Waals surface area contributed by atoms with Gasteiger partial charge in [-0.3, -0.25) is 9.48 Å². The van der Waals surface area contributed by atoms with Gasteiger partial charge in [-0.05, 0) is 49.6 Å². The minimum absolute atomic E-state index is 0.0343. The number of halogens is 3. The molecular formula is C24H24F3N3O4. The van der Waals surface area contributed by atoms with Gasteiger partial charge in [0.15, 0.2) is 0 Å². The molecule has 2 atom stereocenters. The third kappa shape index (κ3) is 3.54. The van der Waals surface area contributed by atoms with Gasteiger partial charge in [-0.1, -0.05) is 24.3 Å². The predicted octanol–water partition coefficient (Wildman–Crippen LogP) is 3.31. The monoisotopic (exact) mass is 475 g/mol. The Hall–Kier alpha value is -3.37. The number of nitrogens with two attached hydrogens (primary N) is 1. The highest BCUT2D eigenvalue weighted by molar-refractivity contribution is 5.93. The molecular weight excluding hydrogens is 451 g/mol. The van der Waals surface area contributed by atoms with Crippen molar-refractivity contribution in [3.05, 3.63) is 59.9 Å². The fraction of sp³-hybridized carbons (Fsp3) is 0.333. The zero-order chi connectivity index (χ0) is 25.1. The van der Waals surface area contributed by atoms with Gasteiger partial charge in [0.2, 0.25) is 11.5 Å². The maximum Gasteiger partial charge on any atom is 0.425 e. The molecule has 1 aliphatic rings. The summed E-state index contributed by atoms with van der Waals surface area (Å²) in [5, 5.41) is 24.9.